The minimum absolute atomic E-state index is 0.0136. The summed E-state index contributed by atoms with van der Waals surface area (Å²) < 4.78 is 19.2. The number of nitrogens with one attached hydrogen (secondary N) is 2. The molecule has 0 unspecified atom stereocenters. The maximum atomic E-state index is 14.2. The van der Waals surface area contributed by atoms with Crippen LogP contribution < -0.4 is 10.9 Å². The Kier molecular flexibility index (Phi) is 3.63. The second-order valence-electron chi connectivity index (χ2n) is 4.09. The van der Waals surface area contributed by atoms with Crippen molar-refractivity contribution in [3.05, 3.63) is 21.6 Å². The fourth-order valence-electron chi connectivity index (χ4n) is 1.72. The number of H-pyrrole nitrogens is 1. The first-order valence-corrected chi connectivity index (χ1v) is 5.72. The highest BCUT2D eigenvalue weighted by molar-refractivity contribution is 6.32. The Morgan fingerprint density at radius 2 is 2.53 bits per heavy atom. The average molecular weight is 262 g/mol. The Hall–Kier alpha value is -1.14. The summed E-state index contributed by atoms with van der Waals surface area (Å²) in [6.45, 7) is 0.713. The smallest absolute Gasteiger partial charge is 0.285 e. The molecule has 1 fully saturated rings. The van der Waals surface area contributed by atoms with E-state index in [1.165, 1.54) is 6.20 Å². The molecule has 94 valence electrons. The summed E-state index contributed by atoms with van der Waals surface area (Å²) in [6, 6.07) is 0. The molecule has 1 aromatic heterocycles. The summed E-state index contributed by atoms with van der Waals surface area (Å²) in [5, 5.41) is 8.57. The SMILES string of the molecule is O=c1[nH]ncc(NC[C@@]2(F)CCCOC2)c1Cl. The molecular weight excluding hydrogens is 249 g/mol. The van der Waals surface area contributed by atoms with Crippen LogP contribution in [0.2, 0.25) is 5.02 Å². The zero-order valence-corrected chi connectivity index (χ0v) is 9.89. The van der Waals surface area contributed by atoms with Crippen LogP contribution in [0.25, 0.3) is 0 Å². The molecule has 0 bridgehead atoms. The van der Waals surface area contributed by atoms with Gasteiger partial charge in [0, 0.05) is 6.61 Å². The van der Waals surface area contributed by atoms with Gasteiger partial charge in [-0.25, -0.2) is 9.49 Å². The number of halogens is 2. The zero-order chi connectivity index (χ0) is 12.3. The third-order valence-electron chi connectivity index (χ3n) is 2.67. The summed E-state index contributed by atoms with van der Waals surface area (Å²) in [4.78, 5) is 11.2. The molecule has 1 aliphatic heterocycles. The average Bonchev–Trinajstić information content (AvgIpc) is 2.32. The molecule has 0 aromatic carbocycles. The largest absolute Gasteiger partial charge is 0.379 e. The lowest BCUT2D eigenvalue weighted by Crippen LogP contribution is -2.40. The first-order chi connectivity index (χ1) is 8.11. The molecule has 0 amide bonds. The molecule has 0 radical (unpaired) electrons. The monoisotopic (exact) mass is 261 g/mol. The number of alkyl halides is 1. The van der Waals surface area contributed by atoms with E-state index in [0.717, 1.165) is 0 Å². The van der Waals surface area contributed by atoms with Crippen molar-refractivity contribution >= 4 is 17.3 Å². The van der Waals surface area contributed by atoms with Gasteiger partial charge in [0.2, 0.25) is 0 Å². The second-order valence-corrected chi connectivity index (χ2v) is 4.47. The number of ether oxygens (including phenoxy) is 1. The molecule has 0 aliphatic carbocycles. The number of hydrogen-bond donors (Lipinski definition) is 2. The Balaban J connectivity index is 2.02. The first kappa shape index (κ1) is 12.3. The van der Waals surface area contributed by atoms with E-state index in [2.05, 4.69) is 15.5 Å². The van der Waals surface area contributed by atoms with E-state index in [9.17, 15) is 9.18 Å². The molecule has 2 heterocycles. The number of rotatable bonds is 3. The van der Waals surface area contributed by atoms with Crippen LogP contribution in [-0.4, -0.2) is 35.6 Å². The molecule has 1 aromatic rings. The predicted octanol–water partition coefficient (Wildman–Crippen LogP) is 1.35. The zero-order valence-electron chi connectivity index (χ0n) is 9.13. The molecule has 17 heavy (non-hydrogen) atoms. The van der Waals surface area contributed by atoms with Gasteiger partial charge in [-0.15, -0.1) is 0 Å². The van der Waals surface area contributed by atoms with Gasteiger partial charge in [-0.3, -0.25) is 4.79 Å². The van der Waals surface area contributed by atoms with Crippen LogP contribution in [0.15, 0.2) is 11.0 Å². The van der Waals surface area contributed by atoms with Gasteiger partial charge in [0.15, 0.2) is 5.67 Å². The number of nitrogens with zero attached hydrogens (tertiary/aromatic N) is 1. The van der Waals surface area contributed by atoms with Crippen molar-refractivity contribution in [1.29, 1.82) is 0 Å². The standard InChI is InChI=1S/C10H13ClFN3O2/c11-8-7(4-14-15-9(8)16)13-5-10(12)2-1-3-17-6-10/h4H,1-3,5-6H2,(H2,13,15,16)/t10-/m0/s1. The highest BCUT2D eigenvalue weighted by atomic mass is 35.5. The van der Waals surface area contributed by atoms with E-state index in [1.807, 2.05) is 0 Å². The van der Waals surface area contributed by atoms with E-state index in [1.54, 1.807) is 0 Å². The number of aromatic nitrogens is 2. The van der Waals surface area contributed by atoms with Crippen molar-refractivity contribution in [2.75, 3.05) is 25.1 Å². The molecule has 2 N–H and O–H groups in total. The van der Waals surface area contributed by atoms with Crippen LogP contribution in [0.4, 0.5) is 10.1 Å². The van der Waals surface area contributed by atoms with Crippen molar-refractivity contribution in [3.8, 4) is 0 Å². The minimum Gasteiger partial charge on any atom is -0.379 e. The van der Waals surface area contributed by atoms with E-state index in [-0.39, 0.29) is 18.2 Å². The van der Waals surface area contributed by atoms with Crippen LogP contribution >= 0.6 is 11.6 Å². The normalized spacial score (nSPS) is 24.6. The molecule has 1 atom stereocenters. The van der Waals surface area contributed by atoms with Crippen molar-refractivity contribution < 1.29 is 9.13 Å². The summed E-state index contributed by atoms with van der Waals surface area (Å²) in [5.74, 6) is 0. The fraction of sp³-hybridized carbons (Fsp3) is 0.600. The van der Waals surface area contributed by atoms with Gasteiger partial charge in [-0.1, -0.05) is 11.6 Å². The van der Waals surface area contributed by atoms with Crippen LogP contribution in [0.1, 0.15) is 12.8 Å². The topological polar surface area (TPSA) is 67.0 Å². The first-order valence-electron chi connectivity index (χ1n) is 5.34. The molecule has 5 nitrogen and oxygen atoms in total. The second kappa shape index (κ2) is 5.01. The van der Waals surface area contributed by atoms with Gasteiger partial charge >= 0.3 is 0 Å². The van der Waals surface area contributed by atoms with E-state index >= 15 is 0 Å². The van der Waals surface area contributed by atoms with Crippen LogP contribution in [-0.2, 0) is 4.74 Å². The lowest BCUT2D eigenvalue weighted by Gasteiger charge is -2.29. The molecule has 0 spiro atoms. The van der Waals surface area contributed by atoms with Crippen molar-refractivity contribution in [1.82, 2.24) is 10.2 Å². The van der Waals surface area contributed by atoms with E-state index in [0.29, 0.717) is 25.1 Å². The van der Waals surface area contributed by atoms with E-state index < -0.39 is 11.2 Å². The number of hydrogen-bond acceptors (Lipinski definition) is 4. The van der Waals surface area contributed by atoms with Crippen LogP contribution in [0.5, 0.6) is 0 Å². The molecule has 1 saturated heterocycles. The molecule has 0 saturated carbocycles. The highest BCUT2D eigenvalue weighted by Crippen LogP contribution is 2.25. The minimum atomic E-state index is -1.41. The summed E-state index contributed by atoms with van der Waals surface area (Å²) in [5.41, 5.74) is -1.58. The van der Waals surface area contributed by atoms with Gasteiger partial charge in [0.25, 0.3) is 5.56 Å². The van der Waals surface area contributed by atoms with E-state index in [4.69, 9.17) is 16.3 Å². The highest BCUT2D eigenvalue weighted by Gasteiger charge is 2.32. The van der Waals surface area contributed by atoms with Crippen molar-refractivity contribution in [2.45, 2.75) is 18.5 Å². The van der Waals surface area contributed by atoms with Crippen molar-refractivity contribution in [3.63, 3.8) is 0 Å². The third kappa shape index (κ3) is 2.95. The maximum absolute atomic E-state index is 14.2. The lowest BCUT2D eigenvalue weighted by atomic mass is 9.99. The van der Waals surface area contributed by atoms with Gasteiger partial charge in [0.05, 0.1) is 25.0 Å². The quantitative estimate of drug-likeness (QED) is 0.862. The summed E-state index contributed by atoms with van der Waals surface area (Å²) in [7, 11) is 0. The van der Waals surface area contributed by atoms with Gasteiger partial charge in [-0.2, -0.15) is 5.10 Å². The molecule has 7 heteroatoms. The predicted molar refractivity (Wildman–Crippen MR) is 62.2 cm³/mol. The van der Waals surface area contributed by atoms with Gasteiger partial charge < -0.3 is 10.1 Å². The Labute approximate surface area is 102 Å². The van der Waals surface area contributed by atoms with Gasteiger partial charge in [-0.05, 0) is 12.8 Å². The number of aromatic amines is 1. The summed E-state index contributed by atoms with van der Waals surface area (Å²) in [6.07, 6.45) is 2.49. The Morgan fingerprint density at radius 3 is 3.24 bits per heavy atom. The Bertz CT molecular complexity index is 445. The Morgan fingerprint density at radius 1 is 1.71 bits per heavy atom. The van der Waals surface area contributed by atoms with Crippen molar-refractivity contribution in [2.24, 2.45) is 0 Å². The number of anilines is 1. The summed E-state index contributed by atoms with van der Waals surface area (Å²) >= 11 is 5.76. The lowest BCUT2D eigenvalue weighted by molar-refractivity contribution is -0.0234. The molecule has 2 rings (SSSR count). The van der Waals surface area contributed by atoms with Crippen LogP contribution in [0.3, 0.4) is 0 Å². The fourth-order valence-corrected chi connectivity index (χ4v) is 1.88. The maximum Gasteiger partial charge on any atom is 0.285 e. The molecule has 1 aliphatic rings. The van der Waals surface area contributed by atoms with Gasteiger partial charge in [0.1, 0.15) is 5.02 Å². The van der Waals surface area contributed by atoms with Crippen LogP contribution in [0, 0.1) is 0 Å². The molecular formula is C10H13ClFN3O2. The third-order valence-corrected chi connectivity index (χ3v) is 3.04.